The molecule has 0 aliphatic heterocycles. The number of methoxy groups -OCH3 is 1. The minimum absolute atomic E-state index is 0.0656. The van der Waals surface area contributed by atoms with Crippen molar-refractivity contribution in [1.82, 2.24) is 9.97 Å². The lowest BCUT2D eigenvalue weighted by Crippen LogP contribution is -2.37. The lowest BCUT2D eigenvalue weighted by molar-refractivity contribution is -0.142. The zero-order chi connectivity index (χ0) is 12.3. The first-order chi connectivity index (χ1) is 8.22. The predicted molar refractivity (Wildman–Crippen MR) is 59.5 cm³/mol. The number of nitrogens with zero attached hydrogens (tertiary/aromatic N) is 2. The van der Waals surface area contributed by atoms with Crippen molar-refractivity contribution in [1.29, 1.82) is 0 Å². The number of rotatable bonds is 4. The number of fused-ring (bicyclic) bond motifs is 1. The van der Waals surface area contributed by atoms with Crippen LogP contribution in [0.2, 0.25) is 0 Å². The zero-order valence-electron chi connectivity index (χ0n) is 9.68. The van der Waals surface area contributed by atoms with Gasteiger partial charge in [0.25, 0.3) is 0 Å². The van der Waals surface area contributed by atoms with Gasteiger partial charge >= 0.3 is 5.97 Å². The SMILES string of the molecule is COC(=O)C(N)COc1ncnc2c1CCC2. The molecule has 6 heteroatoms. The number of hydrogen-bond donors (Lipinski definition) is 1. The smallest absolute Gasteiger partial charge is 0.326 e. The number of hydrogen-bond acceptors (Lipinski definition) is 6. The van der Waals surface area contributed by atoms with Gasteiger partial charge in [-0.05, 0) is 19.3 Å². The first kappa shape index (κ1) is 11.8. The van der Waals surface area contributed by atoms with Gasteiger partial charge in [-0.25, -0.2) is 9.97 Å². The van der Waals surface area contributed by atoms with E-state index in [-0.39, 0.29) is 6.61 Å². The summed E-state index contributed by atoms with van der Waals surface area (Å²) in [6, 6.07) is -0.785. The molecule has 1 aliphatic carbocycles. The quantitative estimate of drug-likeness (QED) is 0.732. The van der Waals surface area contributed by atoms with E-state index in [0.717, 1.165) is 30.5 Å². The molecule has 0 radical (unpaired) electrons. The molecule has 1 heterocycles. The van der Waals surface area contributed by atoms with E-state index < -0.39 is 12.0 Å². The highest BCUT2D eigenvalue weighted by Gasteiger charge is 2.20. The number of aryl methyl sites for hydroxylation is 1. The van der Waals surface area contributed by atoms with Crippen molar-refractivity contribution < 1.29 is 14.3 Å². The third-order valence-corrected chi connectivity index (χ3v) is 2.74. The first-order valence-corrected chi connectivity index (χ1v) is 5.51. The second-order valence-electron chi connectivity index (χ2n) is 3.90. The molecule has 1 atom stereocenters. The van der Waals surface area contributed by atoms with Crippen molar-refractivity contribution >= 4 is 5.97 Å². The largest absolute Gasteiger partial charge is 0.475 e. The van der Waals surface area contributed by atoms with Crippen LogP contribution in [0.15, 0.2) is 6.33 Å². The van der Waals surface area contributed by atoms with E-state index in [1.807, 2.05) is 0 Å². The Hall–Kier alpha value is -1.69. The van der Waals surface area contributed by atoms with Crippen molar-refractivity contribution in [2.75, 3.05) is 13.7 Å². The summed E-state index contributed by atoms with van der Waals surface area (Å²) in [6.07, 6.45) is 4.41. The molecule has 17 heavy (non-hydrogen) atoms. The molecule has 1 unspecified atom stereocenters. The molecule has 92 valence electrons. The molecule has 0 bridgehead atoms. The summed E-state index contributed by atoms with van der Waals surface area (Å²) in [5, 5.41) is 0. The molecule has 2 N–H and O–H groups in total. The fraction of sp³-hybridized carbons (Fsp3) is 0.545. The second kappa shape index (κ2) is 5.09. The summed E-state index contributed by atoms with van der Waals surface area (Å²) in [4.78, 5) is 19.4. The highest BCUT2D eigenvalue weighted by molar-refractivity contribution is 5.75. The number of aromatic nitrogens is 2. The molecule has 1 aromatic rings. The Morgan fingerprint density at radius 3 is 3.12 bits per heavy atom. The van der Waals surface area contributed by atoms with E-state index in [4.69, 9.17) is 10.5 Å². The van der Waals surface area contributed by atoms with Crippen LogP contribution in [0.5, 0.6) is 5.88 Å². The van der Waals surface area contributed by atoms with Crippen LogP contribution >= 0.6 is 0 Å². The van der Waals surface area contributed by atoms with Crippen LogP contribution in [0.4, 0.5) is 0 Å². The fourth-order valence-electron chi connectivity index (χ4n) is 1.84. The third-order valence-electron chi connectivity index (χ3n) is 2.74. The van der Waals surface area contributed by atoms with Crippen LogP contribution in [0, 0.1) is 0 Å². The Bertz CT molecular complexity index is 422. The standard InChI is InChI=1S/C11H15N3O3/c1-16-11(15)8(12)5-17-10-7-3-2-4-9(7)13-6-14-10/h6,8H,2-5,12H2,1H3. The van der Waals surface area contributed by atoms with Crippen molar-refractivity contribution in [2.24, 2.45) is 5.73 Å². The average Bonchev–Trinajstić information content (AvgIpc) is 2.83. The molecule has 0 amide bonds. The summed E-state index contributed by atoms with van der Waals surface area (Å²) < 4.78 is 9.97. The maximum absolute atomic E-state index is 11.1. The Morgan fingerprint density at radius 1 is 1.53 bits per heavy atom. The summed E-state index contributed by atoms with van der Waals surface area (Å²) in [6.45, 7) is 0.0656. The second-order valence-corrected chi connectivity index (χ2v) is 3.90. The van der Waals surface area contributed by atoms with Gasteiger partial charge in [-0.2, -0.15) is 0 Å². The Morgan fingerprint density at radius 2 is 2.35 bits per heavy atom. The fourth-order valence-corrected chi connectivity index (χ4v) is 1.84. The molecule has 2 rings (SSSR count). The summed E-state index contributed by atoms with van der Waals surface area (Å²) in [5.41, 5.74) is 7.64. The minimum atomic E-state index is -0.785. The van der Waals surface area contributed by atoms with Gasteiger partial charge in [0.05, 0.1) is 12.8 Å². The van der Waals surface area contributed by atoms with Crippen LogP contribution in [0.25, 0.3) is 0 Å². The van der Waals surface area contributed by atoms with Gasteiger partial charge in [0.2, 0.25) is 5.88 Å². The molecular formula is C11H15N3O3. The van der Waals surface area contributed by atoms with Crippen LogP contribution in [-0.4, -0.2) is 35.7 Å². The van der Waals surface area contributed by atoms with E-state index in [2.05, 4.69) is 14.7 Å². The van der Waals surface area contributed by atoms with Crippen LogP contribution in [0.1, 0.15) is 17.7 Å². The lowest BCUT2D eigenvalue weighted by Gasteiger charge is -2.12. The van der Waals surface area contributed by atoms with E-state index in [1.54, 1.807) is 0 Å². The molecule has 0 spiro atoms. The van der Waals surface area contributed by atoms with Crippen LogP contribution in [0.3, 0.4) is 0 Å². The van der Waals surface area contributed by atoms with Crippen molar-refractivity contribution in [3.05, 3.63) is 17.6 Å². The maximum Gasteiger partial charge on any atom is 0.326 e. The van der Waals surface area contributed by atoms with Gasteiger partial charge in [-0.3, -0.25) is 4.79 Å². The minimum Gasteiger partial charge on any atom is -0.475 e. The predicted octanol–water partition coefficient (Wildman–Crippen LogP) is -0.156. The van der Waals surface area contributed by atoms with Gasteiger partial charge in [-0.15, -0.1) is 0 Å². The normalized spacial score (nSPS) is 15.2. The van der Waals surface area contributed by atoms with Crippen molar-refractivity contribution in [3.8, 4) is 5.88 Å². The Labute approximate surface area is 99.1 Å². The molecule has 0 fully saturated rings. The van der Waals surface area contributed by atoms with Crippen LogP contribution < -0.4 is 10.5 Å². The molecule has 0 saturated carbocycles. The van der Waals surface area contributed by atoms with E-state index in [9.17, 15) is 4.79 Å². The third kappa shape index (κ3) is 2.52. The van der Waals surface area contributed by atoms with Crippen molar-refractivity contribution in [2.45, 2.75) is 25.3 Å². The van der Waals surface area contributed by atoms with Crippen molar-refractivity contribution in [3.63, 3.8) is 0 Å². The summed E-state index contributed by atoms with van der Waals surface area (Å²) in [7, 11) is 1.30. The molecular weight excluding hydrogens is 222 g/mol. The van der Waals surface area contributed by atoms with Gasteiger partial charge in [-0.1, -0.05) is 0 Å². The lowest BCUT2D eigenvalue weighted by atomic mass is 10.2. The topological polar surface area (TPSA) is 87.3 Å². The highest BCUT2D eigenvalue weighted by Crippen LogP contribution is 2.26. The number of carbonyl (C=O) groups excluding carboxylic acids is 1. The Kier molecular flexibility index (Phi) is 3.53. The molecule has 0 aromatic carbocycles. The number of ether oxygens (including phenoxy) is 2. The zero-order valence-corrected chi connectivity index (χ0v) is 9.68. The number of esters is 1. The molecule has 0 saturated heterocycles. The monoisotopic (exact) mass is 237 g/mol. The average molecular weight is 237 g/mol. The maximum atomic E-state index is 11.1. The molecule has 6 nitrogen and oxygen atoms in total. The van der Waals surface area contributed by atoms with E-state index >= 15 is 0 Å². The van der Waals surface area contributed by atoms with Gasteiger partial charge < -0.3 is 15.2 Å². The molecule has 1 aliphatic rings. The van der Waals surface area contributed by atoms with Gasteiger partial charge in [0, 0.05) is 5.56 Å². The van der Waals surface area contributed by atoms with E-state index in [1.165, 1.54) is 13.4 Å². The highest BCUT2D eigenvalue weighted by atomic mass is 16.5. The summed E-state index contributed by atoms with van der Waals surface area (Å²) in [5.74, 6) is 0.0440. The summed E-state index contributed by atoms with van der Waals surface area (Å²) >= 11 is 0. The number of nitrogens with two attached hydrogens (primary N) is 1. The van der Waals surface area contributed by atoms with Crippen LogP contribution in [-0.2, 0) is 22.4 Å². The molecule has 1 aromatic heterocycles. The van der Waals surface area contributed by atoms with E-state index in [0.29, 0.717) is 5.88 Å². The van der Waals surface area contributed by atoms with Gasteiger partial charge in [0.15, 0.2) is 0 Å². The number of carbonyl (C=O) groups is 1. The van der Waals surface area contributed by atoms with Gasteiger partial charge in [0.1, 0.15) is 19.0 Å². The first-order valence-electron chi connectivity index (χ1n) is 5.51. The Balaban J connectivity index is 2.00.